The molecule has 0 fully saturated rings. The van der Waals surface area contributed by atoms with Gasteiger partial charge in [-0.05, 0) is 20.3 Å². The Kier molecular flexibility index (Phi) is 7.52. The average Bonchev–Trinajstić information content (AvgIpc) is 2.28. The third kappa shape index (κ3) is 5.10. The third-order valence-corrected chi connectivity index (χ3v) is 2.15. The number of rotatable bonds is 8. The predicted octanol–water partition coefficient (Wildman–Crippen LogP) is 1.13. The second kappa shape index (κ2) is 8.08. The highest BCUT2D eigenvalue weighted by atomic mass is 16.5. The lowest BCUT2D eigenvalue weighted by atomic mass is 9.89. The first kappa shape index (κ1) is 14.9. The van der Waals surface area contributed by atoms with E-state index >= 15 is 0 Å². The maximum absolute atomic E-state index is 11.5. The first-order valence-electron chi connectivity index (χ1n) is 5.26. The van der Waals surface area contributed by atoms with Gasteiger partial charge >= 0.3 is 5.97 Å². The molecule has 0 radical (unpaired) electrons. The van der Waals surface area contributed by atoms with Crippen molar-refractivity contribution in [1.82, 2.24) is 0 Å². The van der Waals surface area contributed by atoms with Gasteiger partial charge in [0, 0.05) is 13.7 Å². The third-order valence-electron chi connectivity index (χ3n) is 2.15. The number of hydrogen-bond acceptors (Lipinski definition) is 5. The van der Waals surface area contributed by atoms with Crippen LogP contribution in [-0.4, -0.2) is 39.5 Å². The Labute approximate surface area is 96.3 Å². The van der Waals surface area contributed by atoms with Crippen molar-refractivity contribution >= 4 is 5.97 Å². The highest BCUT2D eigenvalue weighted by Gasteiger charge is 2.34. The minimum atomic E-state index is -1.12. The van der Waals surface area contributed by atoms with Crippen LogP contribution in [-0.2, 0) is 19.0 Å². The van der Waals surface area contributed by atoms with Gasteiger partial charge in [-0.1, -0.05) is 0 Å². The van der Waals surface area contributed by atoms with Crippen LogP contribution in [0.3, 0.4) is 0 Å². The maximum Gasteiger partial charge on any atom is 0.326 e. The van der Waals surface area contributed by atoms with Gasteiger partial charge < -0.3 is 14.2 Å². The molecular formula is C11H19NO4. The molecule has 0 N–H and O–H groups in total. The van der Waals surface area contributed by atoms with Crippen LogP contribution in [0.4, 0.5) is 0 Å². The monoisotopic (exact) mass is 229 g/mol. The smallest absolute Gasteiger partial charge is 0.326 e. The van der Waals surface area contributed by atoms with Crippen LogP contribution in [0.5, 0.6) is 0 Å². The lowest BCUT2D eigenvalue weighted by Crippen LogP contribution is -2.30. The molecule has 0 aliphatic carbocycles. The van der Waals surface area contributed by atoms with Crippen LogP contribution in [0.1, 0.15) is 20.3 Å². The number of hydrogen-bond donors (Lipinski definition) is 0. The molecule has 0 aromatic heterocycles. The second-order valence-electron chi connectivity index (χ2n) is 3.52. The summed E-state index contributed by atoms with van der Waals surface area (Å²) in [6, 6.07) is 1.97. The Hall–Kier alpha value is -1.12. The largest absolute Gasteiger partial charge is 0.465 e. The van der Waals surface area contributed by atoms with Crippen LogP contribution >= 0.6 is 0 Å². The number of carbonyl (C=O) groups excluding carboxylic acids is 1. The summed E-state index contributed by atoms with van der Waals surface area (Å²) in [5.74, 6) is -0.493. The van der Waals surface area contributed by atoms with Crippen LogP contribution in [0, 0.1) is 16.7 Å². The highest BCUT2D eigenvalue weighted by Crippen LogP contribution is 2.22. The molecule has 0 heterocycles. The van der Waals surface area contributed by atoms with Crippen molar-refractivity contribution in [3.05, 3.63) is 0 Å². The number of nitriles is 1. The van der Waals surface area contributed by atoms with Gasteiger partial charge in [0.15, 0.2) is 5.41 Å². The summed E-state index contributed by atoms with van der Waals surface area (Å²) in [6.45, 7) is 4.85. The van der Waals surface area contributed by atoms with Crippen LogP contribution < -0.4 is 0 Å². The molecule has 92 valence electrons. The molecule has 1 unspecified atom stereocenters. The van der Waals surface area contributed by atoms with E-state index in [0.717, 1.165) is 0 Å². The van der Waals surface area contributed by atoms with E-state index in [4.69, 9.17) is 19.5 Å². The minimum Gasteiger partial charge on any atom is -0.465 e. The molecule has 0 spiro atoms. The summed E-state index contributed by atoms with van der Waals surface area (Å²) >= 11 is 0. The summed E-state index contributed by atoms with van der Waals surface area (Å²) in [4.78, 5) is 11.5. The summed E-state index contributed by atoms with van der Waals surface area (Å²) in [5, 5.41) is 8.95. The highest BCUT2D eigenvalue weighted by molar-refractivity contribution is 5.79. The van der Waals surface area contributed by atoms with E-state index in [1.807, 2.05) is 6.07 Å². The van der Waals surface area contributed by atoms with Crippen molar-refractivity contribution in [3.8, 4) is 6.07 Å². The average molecular weight is 229 g/mol. The number of methoxy groups -OCH3 is 1. The molecule has 0 aliphatic rings. The maximum atomic E-state index is 11.5. The van der Waals surface area contributed by atoms with Gasteiger partial charge in [-0.2, -0.15) is 5.26 Å². The molecule has 5 nitrogen and oxygen atoms in total. The van der Waals surface area contributed by atoms with Crippen molar-refractivity contribution in [1.29, 1.82) is 5.26 Å². The van der Waals surface area contributed by atoms with E-state index in [1.165, 1.54) is 0 Å². The zero-order chi connectivity index (χ0) is 12.4. The fraction of sp³-hybridized carbons (Fsp3) is 0.818. The zero-order valence-electron chi connectivity index (χ0n) is 10.1. The molecule has 1 atom stereocenters. The molecular weight excluding hydrogens is 210 g/mol. The Morgan fingerprint density at radius 3 is 2.56 bits per heavy atom. The van der Waals surface area contributed by atoms with E-state index in [0.29, 0.717) is 26.2 Å². The van der Waals surface area contributed by atoms with Gasteiger partial charge in [0.1, 0.15) is 0 Å². The molecule has 0 saturated heterocycles. The summed E-state index contributed by atoms with van der Waals surface area (Å²) in [7, 11) is 1.58. The standard InChI is InChI=1S/C11H19NO4/c1-4-16-10(13)11(2,9-12)5-6-15-8-7-14-3/h4-8H2,1-3H3. The molecule has 0 aliphatic heterocycles. The first-order chi connectivity index (χ1) is 7.60. The molecule has 0 aromatic rings. The molecule has 0 aromatic carbocycles. The van der Waals surface area contributed by atoms with E-state index in [2.05, 4.69) is 0 Å². The Bertz CT molecular complexity index is 249. The molecule has 0 saturated carbocycles. The zero-order valence-corrected chi connectivity index (χ0v) is 10.1. The van der Waals surface area contributed by atoms with E-state index in [9.17, 15) is 4.79 Å². The van der Waals surface area contributed by atoms with E-state index in [1.54, 1.807) is 21.0 Å². The van der Waals surface area contributed by atoms with Crippen molar-refractivity contribution < 1.29 is 19.0 Å². The molecule has 0 amide bonds. The lowest BCUT2D eigenvalue weighted by Gasteiger charge is -2.18. The van der Waals surface area contributed by atoms with Crippen molar-refractivity contribution in [2.75, 3.05) is 33.5 Å². The van der Waals surface area contributed by atoms with Gasteiger partial charge in [-0.3, -0.25) is 4.79 Å². The van der Waals surface area contributed by atoms with E-state index < -0.39 is 11.4 Å². The predicted molar refractivity (Wildman–Crippen MR) is 57.7 cm³/mol. The van der Waals surface area contributed by atoms with Crippen molar-refractivity contribution in [3.63, 3.8) is 0 Å². The Morgan fingerprint density at radius 1 is 1.38 bits per heavy atom. The van der Waals surface area contributed by atoms with Gasteiger partial charge in [-0.15, -0.1) is 0 Å². The van der Waals surface area contributed by atoms with Crippen LogP contribution in [0.2, 0.25) is 0 Å². The minimum absolute atomic E-state index is 0.278. The Morgan fingerprint density at radius 2 is 2.06 bits per heavy atom. The Balaban J connectivity index is 3.98. The van der Waals surface area contributed by atoms with Gasteiger partial charge in [0.25, 0.3) is 0 Å². The topological polar surface area (TPSA) is 68.6 Å². The fourth-order valence-electron chi connectivity index (χ4n) is 1.01. The van der Waals surface area contributed by atoms with Gasteiger partial charge in [-0.25, -0.2) is 0 Å². The van der Waals surface area contributed by atoms with Crippen molar-refractivity contribution in [2.24, 2.45) is 5.41 Å². The molecule has 0 rings (SSSR count). The lowest BCUT2D eigenvalue weighted by molar-refractivity contribution is -0.152. The van der Waals surface area contributed by atoms with E-state index in [-0.39, 0.29) is 6.61 Å². The quantitative estimate of drug-likeness (QED) is 0.461. The summed E-state index contributed by atoms with van der Waals surface area (Å²) in [5.41, 5.74) is -1.12. The SMILES string of the molecule is CCOC(=O)C(C)(C#N)CCOCCOC. The molecule has 16 heavy (non-hydrogen) atoms. The first-order valence-corrected chi connectivity index (χ1v) is 5.26. The number of esters is 1. The summed E-state index contributed by atoms with van der Waals surface area (Å²) in [6.07, 6.45) is 0.325. The number of ether oxygens (including phenoxy) is 3. The normalized spacial score (nSPS) is 13.9. The fourth-order valence-corrected chi connectivity index (χ4v) is 1.01. The number of carbonyl (C=O) groups is 1. The summed E-state index contributed by atoms with van der Waals surface area (Å²) < 4.78 is 14.9. The van der Waals surface area contributed by atoms with Crippen LogP contribution in [0.25, 0.3) is 0 Å². The van der Waals surface area contributed by atoms with Gasteiger partial charge in [0.2, 0.25) is 0 Å². The van der Waals surface area contributed by atoms with Crippen molar-refractivity contribution in [2.45, 2.75) is 20.3 Å². The molecule has 0 bridgehead atoms. The number of nitrogens with zero attached hydrogens (tertiary/aromatic N) is 1. The molecule has 5 heteroatoms. The van der Waals surface area contributed by atoms with Gasteiger partial charge in [0.05, 0.1) is 25.9 Å². The van der Waals surface area contributed by atoms with Crippen LogP contribution in [0.15, 0.2) is 0 Å². The second-order valence-corrected chi connectivity index (χ2v) is 3.52.